The van der Waals surface area contributed by atoms with Gasteiger partial charge in [0.05, 0.1) is 17.6 Å². The van der Waals surface area contributed by atoms with Gasteiger partial charge in [-0.2, -0.15) is 0 Å². The van der Waals surface area contributed by atoms with Crippen LogP contribution < -0.4 is 11.1 Å². The van der Waals surface area contributed by atoms with Crippen molar-refractivity contribution in [1.29, 1.82) is 0 Å². The highest BCUT2D eigenvalue weighted by molar-refractivity contribution is 7.80. The van der Waals surface area contributed by atoms with E-state index in [1.807, 2.05) is 19.1 Å². The van der Waals surface area contributed by atoms with Crippen molar-refractivity contribution in [3.05, 3.63) is 59.7 Å². The van der Waals surface area contributed by atoms with Gasteiger partial charge in [0.1, 0.15) is 10.8 Å². The molecule has 2 rings (SSSR count). The van der Waals surface area contributed by atoms with Crippen molar-refractivity contribution in [1.82, 2.24) is 4.98 Å². The highest BCUT2D eigenvalue weighted by Gasteiger charge is 2.06. The molecule has 19 heavy (non-hydrogen) atoms. The Morgan fingerprint density at radius 3 is 2.74 bits per heavy atom. The number of nitrogens with two attached hydrogens (primary N) is 1. The lowest BCUT2D eigenvalue weighted by molar-refractivity contribution is 0.623. The molecule has 1 aromatic carbocycles. The zero-order valence-electron chi connectivity index (χ0n) is 10.4. The number of thiocarbonyl (C=S) groups is 1. The highest BCUT2D eigenvalue weighted by atomic mass is 32.1. The Morgan fingerprint density at radius 2 is 2.16 bits per heavy atom. The molecule has 1 heterocycles. The molecule has 0 amide bonds. The molecule has 0 aliphatic heterocycles. The molecule has 98 valence electrons. The molecule has 0 fully saturated rings. The number of benzene rings is 1. The number of hydrogen-bond donors (Lipinski definition) is 2. The molecular formula is C14H14FN3S. The van der Waals surface area contributed by atoms with E-state index in [2.05, 4.69) is 10.3 Å². The smallest absolute Gasteiger partial charge is 0.123 e. The largest absolute Gasteiger partial charge is 0.388 e. The molecule has 1 unspecified atom stereocenters. The van der Waals surface area contributed by atoms with Crippen molar-refractivity contribution < 1.29 is 4.39 Å². The molecule has 0 bridgehead atoms. The first-order valence-corrected chi connectivity index (χ1v) is 6.25. The molecule has 0 aliphatic rings. The summed E-state index contributed by atoms with van der Waals surface area (Å²) < 4.78 is 13.1. The SMILES string of the molecule is CC(Nc1ccc(C(N)=S)nc1)c1cccc(F)c1. The van der Waals surface area contributed by atoms with Gasteiger partial charge in [0, 0.05) is 6.04 Å². The van der Waals surface area contributed by atoms with Gasteiger partial charge in [0.15, 0.2) is 0 Å². The molecule has 0 saturated heterocycles. The number of anilines is 1. The maximum absolute atomic E-state index is 13.1. The van der Waals surface area contributed by atoms with Crippen LogP contribution in [0.4, 0.5) is 10.1 Å². The second-order valence-corrected chi connectivity index (χ2v) is 4.66. The molecule has 0 radical (unpaired) electrons. The second-order valence-electron chi connectivity index (χ2n) is 4.22. The predicted octanol–water partition coefficient (Wildman–Crippen LogP) is 3.03. The van der Waals surface area contributed by atoms with Crippen LogP contribution in [0.2, 0.25) is 0 Å². The summed E-state index contributed by atoms with van der Waals surface area (Å²) in [7, 11) is 0. The predicted molar refractivity (Wildman–Crippen MR) is 78.6 cm³/mol. The first-order chi connectivity index (χ1) is 9.06. The fraction of sp³-hybridized carbons (Fsp3) is 0.143. The van der Waals surface area contributed by atoms with Crippen LogP contribution >= 0.6 is 12.2 Å². The van der Waals surface area contributed by atoms with Crippen LogP contribution in [0, 0.1) is 5.82 Å². The van der Waals surface area contributed by atoms with Gasteiger partial charge >= 0.3 is 0 Å². The summed E-state index contributed by atoms with van der Waals surface area (Å²) in [5.74, 6) is -0.242. The minimum absolute atomic E-state index is 0.0202. The molecule has 0 spiro atoms. The Balaban J connectivity index is 2.10. The van der Waals surface area contributed by atoms with E-state index >= 15 is 0 Å². The Labute approximate surface area is 116 Å². The Hall–Kier alpha value is -2.01. The number of pyridine rings is 1. The standard InChI is InChI=1S/C14H14FN3S/c1-9(10-3-2-4-11(15)7-10)18-12-5-6-13(14(16)19)17-8-12/h2-9,18H,1H3,(H2,16,19). The molecular weight excluding hydrogens is 261 g/mol. The summed E-state index contributed by atoms with van der Waals surface area (Å²) in [6.45, 7) is 1.95. The molecule has 3 N–H and O–H groups in total. The van der Waals surface area contributed by atoms with E-state index in [1.165, 1.54) is 12.1 Å². The van der Waals surface area contributed by atoms with Crippen LogP contribution in [-0.2, 0) is 0 Å². The van der Waals surface area contributed by atoms with Crippen LogP contribution in [0.25, 0.3) is 0 Å². The van der Waals surface area contributed by atoms with Gasteiger partial charge in [-0.05, 0) is 36.8 Å². The van der Waals surface area contributed by atoms with Crippen LogP contribution in [-0.4, -0.2) is 9.97 Å². The minimum atomic E-state index is -0.242. The quantitative estimate of drug-likeness (QED) is 0.842. The van der Waals surface area contributed by atoms with Crippen LogP contribution in [0.3, 0.4) is 0 Å². The van der Waals surface area contributed by atoms with Crippen molar-refractivity contribution in [3.63, 3.8) is 0 Å². The summed E-state index contributed by atoms with van der Waals surface area (Å²) in [6.07, 6.45) is 1.66. The average molecular weight is 275 g/mol. The summed E-state index contributed by atoms with van der Waals surface area (Å²) in [5, 5.41) is 3.24. The van der Waals surface area contributed by atoms with E-state index < -0.39 is 0 Å². The van der Waals surface area contributed by atoms with E-state index in [0.717, 1.165) is 11.3 Å². The third kappa shape index (κ3) is 3.48. The van der Waals surface area contributed by atoms with Crippen LogP contribution in [0.1, 0.15) is 24.2 Å². The summed E-state index contributed by atoms with van der Waals surface area (Å²) in [5.41, 5.74) is 7.77. The lowest BCUT2D eigenvalue weighted by atomic mass is 10.1. The van der Waals surface area contributed by atoms with E-state index in [-0.39, 0.29) is 16.8 Å². The summed E-state index contributed by atoms with van der Waals surface area (Å²) in [4.78, 5) is 4.41. The van der Waals surface area contributed by atoms with Crippen molar-refractivity contribution in [2.45, 2.75) is 13.0 Å². The average Bonchev–Trinajstić information content (AvgIpc) is 2.39. The van der Waals surface area contributed by atoms with Crippen molar-refractivity contribution >= 4 is 22.9 Å². The van der Waals surface area contributed by atoms with Crippen molar-refractivity contribution in [3.8, 4) is 0 Å². The maximum atomic E-state index is 13.1. The monoisotopic (exact) mass is 275 g/mol. The zero-order chi connectivity index (χ0) is 13.8. The zero-order valence-corrected chi connectivity index (χ0v) is 11.2. The van der Waals surface area contributed by atoms with Gasteiger partial charge in [-0.3, -0.25) is 4.98 Å². The number of nitrogens with one attached hydrogen (secondary N) is 1. The molecule has 0 aliphatic carbocycles. The number of nitrogens with zero attached hydrogens (tertiary/aromatic N) is 1. The molecule has 5 heteroatoms. The second kappa shape index (κ2) is 5.75. The molecule has 0 saturated carbocycles. The first-order valence-electron chi connectivity index (χ1n) is 5.84. The van der Waals surface area contributed by atoms with E-state index in [0.29, 0.717) is 5.69 Å². The molecule has 1 aromatic heterocycles. The summed E-state index contributed by atoms with van der Waals surface area (Å²) in [6, 6.07) is 10.1. The third-order valence-electron chi connectivity index (χ3n) is 2.75. The fourth-order valence-corrected chi connectivity index (χ4v) is 1.86. The third-order valence-corrected chi connectivity index (χ3v) is 2.96. The van der Waals surface area contributed by atoms with Crippen molar-refractivity contribution in [2.75, 3.05) is 5.32 Å². The number of rotatable bonds is 4. The van der Waals surface area contributed by atoms with Gasteiger partial charge in [0.2, 0.25) is 0 Å². The molecule has 2 aromatic rings. The Morgan fingerprint density at radius 1 is 1.37 bits per heavy atom. The Bertz CT molecular complexity index is 583. The number of aromatic nitrogens is 1. The molecule has 3 nitrogen and oxygen atoms in total. The van der Waals surface area contributed by atoms with Crippen molar-refractivity contribution in [2.24, 2.45) is 5.73 Å². The number of hydrogen-bond acceptors (Lipinski definition) is 3. The lowest BCUT2D eigenvalue weighted by Gasteiger charge is -2.15. The maximum Gasteiger partial charge on any atom is 0.123 e. The highest BCUT2D eigenvalue weighted by Crippen LogP contribution is 2.19. The van der Waals surface area contributed by atoms with E-state index in [9.17, 15) is 4.39 Å². The normalized spacial score (nSPS) is 11.9. The fourth-order valence-electron chi connectivity index (χ4n) is 1.73. The lowest BCUT2D eigenvalue weighted by Crippen LogP contribution is -2.12. The van der Waals surface area contributed by atoms with E-state index in [1.54, 1.807) is 18.3 Å². The Kier molecular flexibility index (Phi) is 4.06. The van der Waals surface area contributed by atoms with Crippen LogP contribution in [0.5, 0.6) is 0 Å². The summed E-state index contributed by atoms with van der Waals surface area (Å²) >= 11 is 4.84. The van der Waals surface area contributed by atoms with E-state index in [4.69, 9.17) is 18.0 Å². The van der Waals surface area contributed by atoms with Gasteiger partial charge in [0.25, 0.3) is 0 Å². The minimum Gasteiger partial charge on any atom is -0.388 e. The first kappa shape index (κ1) is 13.4. The number of halogens is 1. The molecule has 1 atom stereocenters. The van der Waals surface area contributed by atoms with Gasteiger partial charge < -0.3 is 11.1 Å². The van der Waals surface area contributed by atoms with Gasteiger partial charge in [-0.25, -0.2) is 4.39 Å². The topological polar surface area (TPSA) is 50.9 Å². The van der Waals surface area contributed by atoms with Crippen LogP contribution in [0.15, 0.2) is 42.6 Å². The van der Waals surface area contributed by atoms with Gasteiger partial charge in [-0.15, -0.1) is 0 Å². The van der Waals surface area contributed by atoms with Gasteiger partial charge in [-0.1, -0.05) is 24.4 Å².